The van der Waals surface area contributed by atoms with Crippen molar-refractivity contribution in [2.45, 2.75) is 25.6 Å². The van der Waals surface area contributed by atoms with Crippen molar-refractivity contribution in [3.8, 4) is 0 Å². The van der Waals surface area contributed by atoms with Crippen LogP contribution in [0.3, 0.4) is 0 Å². The third-order valence-corrected chi connectivity index (χ3v) is 3.33. The van der Waals surface area contributed by atoms with E-state index in [-0.39, 0.29) is 17.4 Å². The van der Waals surface area contributed by atoms with Crippen molar-refractivity contribution in [3.05, 3.63) is 23.8 Å². The van der Waals surface area contributed by atoms with Crippen LogP contribution in [0.5, 0.6) is 0 Å². The average Bonchev–Trinajstić information content (AvgIpc) is 2.37. The van der Waals surface area contributed by atoms with Gasteiger partial charge in [0.05, 0.1) is 24.8 Å². The van der Waals surface area contributed by atoms with Gasteiger partial charge in [-0.1, -0.05) is 6.92 Å². The molecule has 1 unspecified atom stereocenters. The molecule has 1 heterocycles. The van der Waals surface area contributed by atoms with Crippen molar-refractivity contribution in [1.29, 1.82) is 0 Å². The van der Waals surface area contributed by atoms with Crippen LogP contribution in [0.4, 0.5) is 24.5 Å². The molecule has 0 bridgehead atoms. The first-order valence-corrected chi connectivity index (χ1v) is 6.24. The van der Waals surface area contributed by atoms with Crippen LogP contribution in [0.2, 0.25) is 0 Å². The lowest BCUT2D eigenvalue weighted by Gasteiger charge is -2.38. The Morgan fingerprint density at radius 3 is 2.79 bits per heavy atom. The summed E-state index contributed by atoms with van der Waals surface area (Å²) in [7, 11) is 0. The number of anilines is 2. The summed E-state index contributed by atoms with van der Waals surface area (Å²) in [6.45, 7) is 3.30. The molecule has 0 spiro atoms. The van der Waals surface area contributed by atoms with Crippen LogP contribution in [0.15, 0.2) is 18.2 Å². The number of alkyl halides is 3. The highest BCUT2D eigenvalue weighted by atomic mass is 19.4. The zero-order chi connectivity index (χ0) is 14.0. The Morgan fingerprint density at radius 2 is 2.16 bits per heavy atom. The maximum atomic E-state index is 13.1. The van der Waals surface area contributed by atoms with Gasteiger partial charge in [0.15, 0.2) is 0 Å². The lowest BCUT2D eigenvalue weighted by atomic mass is 10.1. The van der Waals surface area contributed by atoms with E-state index < -0.39 is 11.7 Å². The number of nitrogens with zero attached hydrogens (tertiary/aromatic N) is 1. The summed E-state index contributed by atoms with van der Waals surface area (Å²) in [5.41, 5.74) is 5.12. The minimum atomic E-state index is -4.40. The van der Waals surface area contributed by atoms with Gasteiger partial charge in [-0.05, 0) is 24.6 Å². The van der Waals surface area contributed by atoms with Crippen molar-refractivity contribution in [2.75, 3.05) is 30.4 Å². The summed E-state index contributed by atoms with van der Waals surface area (Å²) in [5, 5.41) is 0. The molecule has 0 aromatic heterocycles. The molecule has 1 aliphatic rings. The highest BCUT2D eigenvalue weighted by Gasteiger charge is 2.36. The first-order chi connectivity index (χ1) is 8.93. The smallest absolute Gasteiger partial charge is 0.399 e. The normalized spacial score (nSPS) is 20.6. The summed E-state index contributed by atoms with van der Waals surface area (Å²) >= 11 is 0. The Hall–Kier alpha value is -1.43. The van der Waals surface area contributed by atoms with Crippen LogP contribution in [-0.2, 0) is 10.9 Å². The van der Waals surface area contributed by atoms with Crippen molar-refractivity contribution in [3.63, 3.8) is 0 Å². The second-order valence-corrected chi connectivity index (χ2v) is 4.60. The van der Waals surface area contributed by atoms with Gasteiger partial charge in [0.1, 0.15) is 0 Å². The van der Waals surface area contributed by atoms with Gasteiger partial charge < -0.3 is 15.4 Å². The molecule has 1 atom stereocenters. The number of hydrogen-bond donors (Lipinski definition) is 1. The lowest BCUT2D eigenvalue weighted by molar-refractivity contribution is -0.137. The van der Waals surface area contributed by atoms with Crippen molar-refractivity contribution < 1.29 is 17.9 Å². The van der Waals surface area contributed by atoms with E-state index >= 15 is 0 Å². The fraction of sp³-hybridized carbons (Fsp3) is 0.538. The molecular formula is C13H17F3N2O. The molecule has 0 aliphatic carbocycles. The third kappa shape index (κ3) is 2.94. The Bertz CT molecular complexity index is 448. The van der Waals surface area contributed by atoms with Gasteiger partial charge >= 0.3 is 6.18 Å². The van der Waals surface area contributed by atoms with Crippen molar-refractivity contribution >= 4 is 11.4 Å². The third-order valence-electron chi connectivity index (χ3n) is 3.33. The topological polar surface area (TPSA) is 38.5 Å². The molecule has 3 nitrogen and oxygen atoms in total. The van der Waals surface area contributed by atoms with E-state index in [2.05, 4.69) is 0 Å². The van der Waals surface area contributed by atoms with Crippen LogP contribution in [0, 0.1) is 0 Å². The van der Waals surface area contributed by atoms with Gasteiger partial charge in [0, 0.05) is 17.9 Å². The van der Waals surface area contributed by atoms with Crippen LogP contribution >= 0.6 is 0 Å². The molecule has 106 valence electrons. The average molecular weight is 274 g/mol. The van der Waals surface area contributed by atoms with Crippen molar-refractivity contribution in [2.24, 2.45) is 0 Å². The van der Waals surface area contributed by atoms with Gasteiger partial charge in [0.2, 0.25) is 0 Å². The number of hydrogen-bond acceptors (Lipinski definition) is 3. The quantitative estimate of drug-likeness (QED) is 0.843. The predicted octanol–water partition coefficient (Wildman–Crippen LogP) is 2.90. The molecular weight excluding hydrogens is 257 g/mol. The van der Waals surface area contributed by atoms with Gasteiger partial charge in [-0.15, -0.1) is 0 Å². The standard InChI is InChI=1S/C13H17F3N2O/c1-2-10-8-19-6-5-18(10)12-4-3-9(17)7-11(12)13(14,15)16/h3-4,7,10H,2,5-6,8,17H2,1H3. The predicted molar refractivity (Wildman–Crippen MR) is 68.1 cm³/mol. The zero-order valence-electron chi connectivity index (χ0n) is 10.7. The number of nitrogens with two attached hydrogens (primary N) is 1. The summed E-state index contributed by atoms with van der Waals surface area (Å²) < 4.78 is 44.6. The highest BCUT2D eigenvalue weighted by molar-refractivity contribution is 5.61. The molecule has 2 N–H and O–H groups in total. The SMILES string of the molecule is CCC1COCCN1c1ccc(N)cc1C(F)(F)F. The van der Waals surface area contributed by atoms with E-state index in [0.717, 1.165) is 12.5 Å². The van der Waals surface area contributed by atoms with Crippen LogP contribution in [0.25, 0.3) is 0 Å². The Balaban J connectivity index is 2.43. The van der Waals surface area contributed by atoms with E-state index in [9.17, 15) is 13.2 Å². The molecule has 6 heteroatoms. The van der Waals surface area contributed by atoms with E-state index in [4.69, 9.17) is 10.5 Å². The molecule has 1 saturated heterocycles. The lowest BCUT2D eigenvalue weighted by Crippen LogP contribution is -2.46. The molecule has 0 saturated carbocycles. The largest absolute Gasteiger partial charge is 0.418 e. The monoisotopic (exact) mass is 274 g/mol. The van der Waals surface area contributed by atoms with Gasteiger partial charge in [0.25, 0.3) is 0 Å². The van der Waals surface area contributed by atoms with Crippen LogP contribution in [-0.4, -0.2) is 25.8 Å². The Kier molecular flexibility index (Phi) is 3.89. The summed E-state index contributed by atoms with van der Waals surface area (Å²) in [4.78, 5) is 1.77. The molecule has 1 fully saturated rings. The maximum Gasteiger partial charge on any atom is 0.418 e. The number of rotatable bonds is 2. The highest BCUT2D eigenvalue weighted by Crippen LogP contribution is 2.39. The molecule has 1 aromatic rings. The van der Waals surface area contributed by atoms with Crippen LogP contribution < -0.4 is 10.6 Å². The minimum absolute atomic E-state index is 0.0292. The van der Waals surface area contributed by atoms with Gasteiger partial charge in [-0.3, -0.25) is 0 Å². The Morgan fingerprint density at radius 1 is 1.42 bits per heavy atom. The fourth-order valence-corrected chi connectivity index (χ4v) is 2.34. The summed E-state index contributed by atoms with van der Waals surface area (Å²) in [6.07, 6.45) is -3.66. The fourth-order valence-electron chi connectivity index (χ4n) is 2.34. The zero-order valence-corrected chi connectivity index (χ0v) is 10.7. The Labute approximate surface area is 110 Å². The maximum absolute atomic E-state index is 13.1. The first kappa shape index (κ1) is 14.0. The van der Waals surface area contributed by atoms with E-state index in [1.165, 1.54) is 12.1 Å². The number of ether oxygens (including phenoxy) is 1. The molecule has 0 amide bonds. The minimum Gasteiger partial charge on any atom is -0.399 e. The van der Waals surface area contributed by atoms with E-state index in [1.807, 2.05) is 6.92 Å². The molecule has 0 radical (unpaired) electrons. The molecule has 19 heavy (non-hydrogen) atoms. The number of benzene rings is 1. The molecule has 1 aromatic carbocycles. The first-order valence-electron chi connectivity index (χ1n) is 6.24. The summed E-state index contributed by atoms with van der Waals surface area (Å²) in [5.74, 6) is 0. The molecule has 1 aliphatic heterocycles. The number of nitrogen functional groups attached to an aromatic ring is 1. The number of halogens is 3. The van der Waals surface area contributed by atoms with E-state index in [1.54, 1.807) is 4.90 Å². The molecule has 2 rings (SSSR count). The van der Waals surface area contributed by atoms with Gasteiger partial charge in [-0.25, -0.2) is 0 Å². The van der Waals surface area contributed by atoms with E-state index in [0.29, 0.717) is 19.8 Å². The number of morpholine rings is 1. The summed E-state index contributed by atoms with van der Waals surface area (Å²) in [6, 6.07) is 3.93. The van der Waals surface area contributed by atoms with Crippen LogP contribution in [0.1, 0.15) is 18.9 Å². The second-order valence-electron chi connectivity index (χ2n) is 4.60. The van der Waals surface area contributed by atoms with Gasteiger partial charge in [-0.2, -0.15) is 13.2 Å². The second kappa shape index (κ2) is 5.28. The van der Waals surface area contributed by atoms with Crippen molar-refractivity contribution in [1.82, 2.24) is 0 Å².